The Kier molecular flexibility index (Phi) is 3.93. The molecule has 1 N–H and O–H groups in total. The van der Waals surface area contributed by atoms with Crippen molar-refractivity contribution in [3.8, 4) is 11.4 Å². The molecule has 0 saturated heterocycles. The molecule has 2 aromatic heterocycles. The molecule has 0 spiro atoms. The normalized spacial score (nSPS) is 16.1. The Morgan fingerprint density at radius 1 is 1.21 bits per heavy atom. The lowest BCUT2D eigenvalue weighted by Gasteiger charge is -2.18. The third kappa shape index (κ3) is 2.94. The van der Waals surface area contributed by atoms with E-state index < -0.39 is 0 Å². The van der Waals surface area contributed by atoms with Gasteiger partial charge in [0.2, 0.25) is 0 Å². The van der Waals surface area contributed by atoms with Crippen LogP contribution in [-0.2, 0) is 12.8 Å². The van der Waals surface area contributed by atoms with Crippen LogP contribution in [0.5, 0.6) is 5.75 Å². The molecule has 1 aliphatic rings. The summed E-state index contributed by atoms with van der Waals surface area (Å²) in [5.74, 6) is 0.781. The quantitative estimate of drug-likeness (QED) is 0.439. The van der Waals surface area contributed by atoms with Gasteiger partial charge in [0.15, 0.2) is 0 Å². The van der Waals surface area contributed by atoms with Crippen molar-refractivity contribution in [1.29, 1.82) is 0 Å². The van der Waals surface area contributed by atoms with Crippen LogP contribution >= 0.6 is 0 Å². The van der Waals surface area contributed by atoms with Crippen molar-refractivity contribution in [2.45, 2.75) is 26.2 Å². The number of esters is 1. The first-order chi connectivity index (χ1) is 13.7. The van der Waals surface area contributed by atoms with E-state index in [2.05, 4.69) is 27.4 Å². The highest BCUT2D eigenvalue weighted by Crippen LogP contribution is 2.32. The zero-order valence-corrected chi connectivity index (χ0v) is 15.4. The van der Waals surface area contributed by atoms with E-state index in [0.29, 0.717) is 17.2 Å². The molecule has 140 valence electrons. The number of nitrogens with zero attached hydrogens (tertiary/aromatic N) is 4. The molecule has 0 fully saturated rings. The van der Waals surface area contributed by atoms with Crippen molar-refractivity contribution < 1.29 is 9.53 Å². The van der Waals surface area contributed by atoms with Gasteiger partial charge in [-0.2, -0.15) is 0 Å². The zero-order valence-electron chi connectivity index (χ0n) is 15.4. The van der Waals surface area contributed by atoms with Crippen molar-refractivity contribution in [2.24, 2.45) is 5.92 Å². The topological polar surface area (TPSA) is 85.7 Å². The third-order valence-corrected chi connectivity index (χ3v) is 5.33. The van der Waals surface area contributed by atoms with Crippen molar-refractivity contribution >= 4 is 16.9 Å². The summed E-state index contributed by atoms with van der Waals surface area (Å²) in [6.45, 7) is 2.28. The number of aryl methyl sites for hydroxylation is 1. The van der Waals surface area contributed by atoms with Crippen molar-refractivity contribution in [1.82, 2.24) is 25.2 Å². The van der Waals surface area contributed by atoms with E-state index in [9.17, 15) is 4.79 Å². The maximum Gasteiger partial charge on any atom is 0.343 e. The van der Waals surface area contributed by atoms with Gasteiger partial charge in [-0.25, -0.2) is 9.48 Å². The third-order valence-electron chi connectivity index (χ3n) is 5.33. The van der Waals surface area contributed by atoms with Gasteiger partial charge < -0.3 is 9.72 Å². The molecule has 7 nitrogen and oxygen atoms in total. The summed E-state index contributed by atoms with van der Waals surface area (Å²) >= 11 is 0. The Hall–Kier alpha value is -3.48. The summed E-state index contributed by atoms with van der Waals surface area (Å²) in [7, 11) is 0. The molecule has 2 heterocycles. The highest BCUT2D eigenvalue weighted by molar-refractivity contribution is 5.97. The SMILES string of the molecule is C[C@H]1CCc2[nH]c3ccc(C(=O)Oc4ccc(-n5cnnn5)cc4)cc3c2C1. The number of hydrogen-bond donors (Lipinski definition) is 1. The van der Waals surface area contributed by atoms with Gasteiger partial charge in [0.1, 0.15) is 12.1 Å². The summed E-state index contributed by atoms with van der Waals surface area (Å²) in [5, 5.41) is 12.2. The molecule has 0 unspecified atom stereocenters. The fourth-order valence-corrected chi connectivity index (χ4v) is 3.83. The van der Waals surface area contributed by atoms with Crippen LogP contribution in [-0.4, -0.2) is 31.2 Å². The molecule has 2 aromatic carbocycles. The smallest absolute Gasteiger partial charge is 0.343 e. The number of H-pyrrole nitrogens is 1. The summed E-state index contributed by atoms with van der Waals surface area (Å²) in [5.41, 5.74) is 5.07. The van der Waals surface area contributed by atoms with Gasteiger partial charge in [0.05, 0.1) is 11.3 Å². The van der Waals surface area contributed by atoms with Crippen LogP contribution in [0.4, 0.5) is 0 Å². The van der Waals surface area contributed by atoms with Crippen LogP contribution in [0.3, 0.4) is 0 Å². The van der Waals surface area contributed by atoms with Gasteiger partial charge in [-0.1, -0.05) is 6.92 Å². The standard InChI is InChI=1S/C21H19N5O2/c1-13-2-8-19-17(10-13)18-11-14(3-9-20(18)23-19)21(27)28-16-6-4-15(5-7-16)26-12-22-24-25-26/h3-7,9,11-13,23H,2,8,10H2,1H3/t13-/m0/s1. The van der Waals surface area contributed by atoms with Gasteiger partial charge in [0.25, 0.3) is 0 Å². The minimum absolute atomic E-state index is 0.365. The van der Waals surface area contributed by atoms with E-state index in [1.807, 2.05) is 18.2 Å². The molecular formula is C21H19N5O2. The number of ether oxygens (including phenoxy) is 1. The van der Waals surface area contributed by atoms with Gasteiger partial charge in [-0.15, -0.1) is 5.10 Å². The van der Waals surface area contributed by atoms with Crippen LogP contribution in [0.15, 0.2) is 48.8 Å². The second kappa shape index (κ2) is 6.60. The Labute approximate surface area is 161 Å². The Balaban J connectivity index is 1.39. The highest BCUT2D eigenvalue weighted by Gasteiger charge is 2.21. The average molecular weight is 373 g/mol. The van der Waals surface area contributed by atoms with Crippen LogP contribution in [0.25, 0.3) is 16.6 Å². The lowest BCUT2D eigenvalue weighted by molar-refractivity contribution is 0.0735. The Bertz CT molecular complexity index is 1150. The molecule has 28 heavy (non-hydrogen) atoms. The maximum atomic E-state index is 12.7. The van der Waals surface area contributed by atoms with E-state index in [1.54, 1.807) is 24.3 Å². The second-order valence-corrected chi connectivity index (χ2v) is 7.33. The number of rotatable bonds is 3. The van der Waals surface area contributed by atoms with Gasteiger partial charge >= 0.3 is 5.97 Å². The molecule has 1 atom stereocenters. The molecule has 4 aromatic rings. The molecule has 0 amide bonds. The van der Waals surface area contributed by atoms with E-state index in [1.165, 1.54) is 28.7 Å². The van der Waals surface area contributed by atoms with Crippen LogP contribution in [0, 0.1) is 5.92 Å². The molecule has 0 bridgehead atoms. The number of tetrazole rings is 1. The van der Waals surface area contributed by atoms with Gasteiger partial charge in [-0.3, -0.25) is 0 Å². The van der Waals surface area contributed by atoms with E-state index in [0.717, 1.165) is 29.4 Å². The monoisotopic (exact) mass is 373 g/mol. The summed E-state index contributed by atoms with van der Waals surface area (Å²) in [4.78, 5) is 16.2. The van der Waals surface area contributed by atoms with Gasteiger partial charge in [-0.05, 0) is 83.6 Å². The summed E-state index contributed by atoms with van der Waals surface area (Å²) < 4.78 is 7.09. The Morgan fingerprint density at radius 2 is 2.07 bits per heavy atom. The molecule has 0 radical (unpaired) electrons. The maximum absolute atomic E-state index is 12.7. The zero-order chi connectivity index (χ0) is 19.1. The van der Waals surface area contributed by atoms with E-state index in [4.69, 9.17) is 4.74 Å². The first-order valence-corrected chi connectivity index (χ1v) is 9.36. The number of nitrogens with one attached hydrogen (secondary N) is 1. The molecule has 5 rings (SSSR count). The Morgan fingerprint density at radius 3 is 2.86 bits per heavy atom. The number of aromatic nitrogens is 5. The minimum Gasteiger partial charge on any atom is -0.423 e. The molecule has 1 aliphatic carbocycles. The predicted octanol–water partition coefficient (Wildman–Crippen LogP) is 3.49. The van der Waals surface area contributed by atoms with Crippen molar-refractivity contribution in [3.05, 3.63) is 65.6 Å². The molecular weight excluding hydrogens is 354 g/mol. The van der Waals surface area contributed by atoms with Crippen molar-refractivity contribution in [3.63, 3.8) is 0 Å². The lowest BCUT2D eigenvalue weighted by atomic mass is 9.87. The summed E-state index contributed by atoms with van der Waals surface area (Å²) in [6, 6.07) is 12.8. The fraction of sp³-hybridized carbons (Fsp3) is 0.238. The highest BCUT2D eigenvalue weighted by atomic mass is 16.5. The lowest BCUT2D eigenvalue weighted by Crippen LogP contribution is -2.10. The number of fused-ring (bicyclic) bond motifs is 3. The predicted molar refractivity (Wildman–Crippen MR) is 104 cm³/mol. The van der Waals surface area contributed by atoms with Crippen LogP contribution < -0.4 is 4.74 Å². The second-order valence-electron chi connectivity index (χ2n) is 7.33. The largest absolute Gasteiger partial charge is 0.423 e. The number of aromatic amines is 1. The molecule has 7 heteroatoms. The summed E-state index contributed by atoms with van der Waals surface area (Å²) in [6.07, 6.45) is 4.83. The van der Waals surface area contributed by atoms with Crippen LogP contribution in [0.1, 0.15) is 35.0 Å². The van der Waals surface area contributed by atoms with E-state index in [-0.39, 0.29) is 5.97 Å². The average Bonchev–Trinajstić information content (AvgIpc) is 3.36. The molecule has 0 saturated carbocycles. The van der Waals surface area contributed by atoms with E-state index >= 15 is 0 Å². The first kappa shape index (κ1) is 16.7. The number of hydrogen-bond acceptors (Lipinski definition) is 5. The minimum atomic E-state index is -0.365. The number of carbonyl (C=O) groups is 1. The fourth-order valence-electron chi connectivity index (χ4n) is 3.83. The van der Waals surface area contributed by atoms with Crippen LogP contribution in [0.2, 0.25) is 0 Å². The molecule has 0 aliphatic heterocycles. The number of carbonyl (C=O) groups excluding carboxylic acids is 1. The first-order valence-electron chi connectivity index (χ1n) is 9.36. The van der Waals surface area contributed by atoms with Gasteiger partial charge in [0, 0.05) is 16.6 Å². The number of benzene rings is 2. The van der Waals surface area contributed by atoms with Crippen molar-refractivity contribution in [2.75, 3.05) is 0 Å².